The highest BCUT2D eigenvalue weighted by Gasteiger charge is 2.12. The monoisotopic (exact) mass is 369 g/mol. The molecule has 1 amide bonds. The normalized spacial score (nSPS) is 10.6. The maximum absolute atomic E-state index is 12.2. The van der Waals surface area contributed by atoms with Crippen molar-refractivity contribution in [3.63, 3.8) is 0 Å². The minimum Gasteiger partial charge on any atom is -0.497 e. The van der Waals surface area contributed by atoms with Crippen molar-refractivity contribution in [3.8, 4) is 17.2 Å². The number of anilines is 1. The molecule has 1 heterocycles. The van der Waals surface area contributed by atoms with Crippen LogP contribution >= 0.6 is 11.8 Å². The molecule has 0 saturated carbocycles. The zero-order valence-corrected chi connectivity index (χ0v) is 15.6. The fourth-order valence-electron chi connectivity index (χ4n) is 2.30. The summed E-state index contributed by atoms with van der Waals surface area (Å²) in [5, 5.41) is 11.2. The molecule has 0 spiro atoms. The van der Waals surface area contributed by atoms with E-state index in [1.54, 1.807) is 7.11 Å². The molecule has 3 aromatic rings. The largest absolute Gasteiger partial charge is 0.497 e. The Morgan fingerprint density at radius 2 is 1.92 bits per heavy atom. The number of nitrogens with zero attached hydrogens (tertiary/aromatic N) is 2. The van der Waals surface area contributed by atoms with Gasteiger partial charge in [-0.3, -0.25) is 4.79 Å². The van der Waals surface area contributed by atoms with Crippen LogP contribution in [0.5, 0.6) is 5.75 Å². The summed E-state index contributed by atoms with van der Waals surface area (Å²) in [6, 6.07) is 13.3. The Hall–Kier alpha value is -2.80. The summed E-state index contributed by atoms with van der Waals surface area (Å²) in [6.45, 7) is 3.93. The van der Waals surface area contributed by atoms with Gasteiger partial charge in [0.2, 0.25) is 11.8 Å². The molecule has 2 aromatic carbocycles. The molecule has 3 rings (SSSR count). The van der Waals surface area contributed by atoms with Crippen LogP contribution in [0, 0.1) is 13.8 Å². The first-order valence-electron chi connectivity index (χ1n) is 8.03. The van der Waals surface area contributed by atoms with E-state index < -0.39 is 0 Å². The number of rotatable bonds is 6. The third kappa shape index (κ3) is 4.43. The lowest BCUT2D eigenvalue weighted by Gasteiger charge is -2.09. The molecule has 1 aromatic heterocycles. The predicted molar refractivity (Wildman–Crippen MR) is 102 cm³/mol. The molecule has 7 heteroatoms. The first-order chi connectivity index (χ1) is 12.5. The van der Waals surface area contributed by atoms with E-state index in [-0.39, 0.29) is 11.7 Å². The second kappa shape index (κ2) is 8.05. The van der Waals surface area contributed by atoms with Crippen molar-refractivity contribution >= 4 is 23.4 Å². The zero-order chi connectivity index (χ0) is 18.5. The molecule has 0 atom stereocenters. The SMILES string of the molecule is COc1ccc(NC(=O)CSc2nnc(-c3ccc(C)cc3)o2)c(C)c1. The average molecular weight is 369 g/mol. The first-order valence-corrected chi connectivity index (χ1v) is 9.01. The van der Waals surface area contributed by atoms with Crippen LogP contribution in [-0.4, -0.2) is 29.0 Å². The van der Waals surface area contributed by atoms with Crippen LogP contribution in [0.2, 0.25) is 0 Å². The highest BCUT2D eigenvalue weighted by Crippen LogP contribution is 2.24. The van der Waals surface area contributed by atoms with E-state index in [0.717, 1.165) is 28.1 Å². The third-order valence-corrected chi connectivity index (χ3v) is 4.56. The van der Waals surface area contributed by atoms with Gasteiger partial charge in [-0.1, -0.05) is 29.5 Å². The molecule has 0 aliphatic carbocycles. The van der Waals surface area contributed by atoms with Crippen LogP contribution in [0.1, 0.15) is 11.1 Å². The number of thioether (sulfide) groups is 1. The number of aryl methyl sites for hydroxylation is 2. The van der Waals surface area contributed by atoms with Crippen LogP contribution in [0.25, 0.3) is 11.5 Å². The molecule has 0 unspecified atom stereocenters. The standard InChI is InChI=1S/C19H19N3O3S/c1-12-4-6-14(7-5-12)18-21-22-19(25-18)26-11-17(23)20-16-9-8-15(24-3)10-13(16)2/h4-10H,11H2,1-3H3,(H,20,23). The topological polar surface area (TPSA) is 77.2 Å². The van der Waals surface area contributed by atoms with Crippen LogP contribution in [0.15, 0.2) is 52.1 Å². The average Bonchev–Trinajstić information content (AvgIpc) is 3.11. The van der Waals surface area contributed by atoms with E-state index in [0.29, 0.717) is 11.1 Å². The van der Waals surface area contributed by atoms with Gasteiger partial charge in [-0.05, 0) is 49.7 Å². The molecule has 0 bridgehead atoms. The van der Waals surface area contributed by atoms with Gasteiger partial charge >= 0.3 is 0 Å². The maximum Gasteiger partial charge on any atom is 0.277 e. The summed E-state index contributed by atoms with van der Waals surface area (Å²) in [5.74, 6) is 1.24. The number of amides is 1. The molecule has 0 radical (unpaired) electrons. The van der Waals surface area contributed by atoms with Crippen molar-refractivity contribution in [1.82, 2.24) is 10.2 Å². The van der Waals surface area contributed by atoms with Gasteiger partial charge in [-0.2, -0.15) is 0 Å². The van der Waals surface area contributed by atoms with Crippen molar-refractivity contribution in [3.05, 3.63) is 53.6 Å². The highest BCUT2D eigenvalue weighted by atomic mass is 32.2. The van der Waals surface area contributed by atoms with E-state index in [1.807, 2.05) is 56.3 Å². The number of ether oxygens (including phenoxy) is 1. The van der Waals surface area contributed by atoms with Gasteiger partial charge in [0.05, 0.1) is 12.9 Å². The first kappa shape index (κ1) is 18.0. The molecule has 1 N–H and O–H groups in total. The lowest BCUT2D eigenvalue weighted by Crippen LogP contribution is -2.14. The van der Waals surface area contributed by atoms with Crippen LogP contribution < -0.4 is 10.1 Å². The zero-order valence-electron chi connectivity index (χ0n) is 14.8. The Balaban J connectivity index is 1.57. The van der Waals surface area contributed by atoms with Crippen molar-refractivity contribution in [1.29, 1.82) is 0 Å². The molecule has 6 nitrogen and oxygen atoms in total. The van der Waals surface area contributed by atoms with Crippen molar-refractivity contribution < 1.29 is 13.9 Å². The Morgan fingerprint density at radius 3 is 2.62 bits per heavy atom. The van der Waals surface area contributed by atoms with Gasteiger partial charge in [-0.15, -0.1) is 10.2 Å². The van der Waals surface area contributed by atoms with Crippen molar-refractivity contribution in [2.75, 3.05) is 18.2 Å². The molecule has 0 fully saturated rings. The lowest BCUT2D eigenvalue weighted by atomic mass is 10.1. The lowest BCUT2D eigenvalue weighted by molar-refractivity contribution is -0.113. The maximum atomic E-state index is 12.2. The molecule has 26 heavy (non-hydrogen) atoms. The van der Waals surface area contributed by atoms with Gasteiger partial charge in [0, 0.05) is 11.3 Å². The number of nitrogens with one attached hydrogen (secondary N) is 1. The molecular weight excluding hydrogens is 350 g/mol. The number of aromatic nitrogens is 2. The van der Waals surface area contributed by atoms with E-state index in [1.165, 1.54) is 11.8 Å². The smallest absolute Gasteiger partial charge is 0.277 e. The summed E-state index contributed by atoms with van der Waals surface area (Å²) in [6.07, 6.45) is 0. The second-order valence-electron chi connectivity index (χ2n) is 5.76. The quantitative estimate of drug-likeness (QED) is 0.660. The predicted octanol–water partition coefficient (Wildman–Crippen LogP) is 4.09. The summed E-state index contributed by atoms with van der Waals surface area (Å²) in [5.41, 5.74) is 3.70. The number of benzene rings is 2. The summed E-state index contributed by atoms with van der Waals surface area (Å²) < 4.78 is 10.8. The summed E-state index contributed by atoms with van der Waals surface area (Å²) >= 11 is 1.20. The van der Waals surface area contributed by atoms with Gasteiger partial charge in [0.1, 0.15) is 5.75 Å². The van der Waals surface area contributed by atoms with E-state index in [4.69, 9.17) is 9.15 Å². The Kier molecular flexibility index (Phi) is 5.58. The third-order valence-electron chi connectivity index (χ3n) is 3.74. The fourth-order valence-corrected chi connectivity index (χ4v) is 2.86. The van der Waals surface area contributed by atoms with Crippen LogP contribution in [0.4, 0.5) is 5.69 Å². The number of methoxy groups -OCH3 is 1. The highest BCUT2D eigenvalue weighted by molar-refractivity contribution is 7.99. The summed E-state index contributed by atoms with van der Waals surface area (Å²) in [7, 11) is 1.61. The molecule has 134 valence electrons. The molecule has 0 saturated heterocycles. The summed E-state index contributed by atoms with van der Waals surface area (Å²) in [4.78, 5) is 12.2. The Morgan fingerprint density at radius 1 is 1.15 bits per heavy atom. The number of hydrogen-bond donors (Lipinski definition) is 1. The van der Waals surface area contributed by atoms with Crippen molar-refractivity contribution in [2.45, 2.75) is 19.1 Å². The van der Waals surface area contributed by atoms with E-state index in [2.05, 4.69) is 15.5 Å². The second-order valence-corrected chi connectivity index (χ2v) is 6.68. The van der Waals surface area contributed by atoms with Crippen molar-refractivity contribution in [2.24, 2.45) is 0 Å². The van der Waals surface area contributed by atoms with Gasteiger partial charge in [0.15, 0.2) is 0 Å². The van der Waals surface area contributed by atoms with Gasteiger partial charge in [0.25, 0.3) is 5.22 Å². The molecular formula is C19H19N3O3S. The Bertz CT molecular complexity index is 907. The fraction of sp³-hybridized carbons (Fsp3) is 0.211. The number of carbonyl (C=O) groups is 1. The molecule has 0 aliphatic rings. The van der Waals surface area contributed by atoms with E-state index >= 15 is 0 Å². The minimum atomic E-state index is -0.140. The Labute approximate surface area is 156 Å². The minimum absolute atomic E-state index is 0.140. The van der Waals surface area contributed by atoms with Crippen LogP contribution in [-0.2, 0) is 4.79 Å². The molecule has 0 aliphatic heterocycles. The number of carbonyl (C=O) groups excluding carboxylic acids is 1. The van der Waals surface area contributed by atoms with Gasteiger partial charge < -0.3 is 14.5 Å². The van der Waals surface area contributed by atoms with E-state index in [9.17, 15) is 4.79 Å². The van der Waals surface area contributed by atoms with Crippen LogP contribution in [0.3, 0.4) is 0 Å². The number of hydrogen-bond acceptors (Lipinski definition) is 6. The van der Waals surface area contributed by atoms with Gasteiger partial charge in [-0.25, -0.2) is 0 Å².